The molecule has 1 heterocycles. The fourth-order valence-corrected chi connectivity index (χ4v) is 3.99. The van der Waals surface area contributed by atoms with Gasteiger partial charge in [0.15, 0.2) is 0 Å². The lowest BCUT2D eigenvalue weighted by atomic mass is 9.85. The molecule has 1 amide bonds. The van der Waals surface area contributed by atoms with Crippen LogP contribution in [0.3, 0.4) is 0 Å². The molecular weight excluding hydrogens is 416 g/mol. The Kier molecular flexibility index (Phi) is 6.31. The molecule has 0 spiro atoms. The topological polar surface area (TPSA) is 61.6 Å². The number of halogens is 5. The molecule has 1 saturated carbocycles. The molecule has 3 rings (SSSR count). The van der Waals surface area contributed by atoms with Crippen molar-refractivity contribution in [2.75, 3.05) is 13.2 Å². The van der Waals surface area contributed by atoms with Crippen molar-refractivity contribution < 1.29 is 18.0 Å². The van der Waals surface area contributed by atoms with Gasteiger partial charge in [-0.3, -0.25) is 9.80 Å². The SMILES string of the molecule is NN1CN(CC2CCC(NC(=O)c3cc(C(F)(F)F)ccc3Cl)CC2)C=C1Cl. The maximum absolute atomic E-state index is 12.9. The number of nitrogens with zero attached hydrogens (tertiary/aromatic N) is 2. The molecule has 1 aliphatic heterocycles. The summed E-state index contributed by atoms with van der Waals surface area (Å²) < 4.78 is 38.6. The molecule has 2 aliphatic rings. The van der Waals surface area contributed by atoms with Crippen molar-refractivity contribution in [1.82, 2.24) is 15.2 Å². The van der Waals surface area contributed by atoms with Crippen LogP contribution in [0.25, 0.3) is 0 Å². The average Bonchev–Trinajstić information content (AvgIpc) is 2.93. The van der Waals surface area contributed by atoms with Crippen LogP contribution in [0.5, 0.6) is 0 Å². The number of hydrazine groups is 1. The van der Waals surface area contributed by atoms with Crippen molar-refractivity contribution in [3.05, 3.63) is 45.7 Å². The van der Waals surface area contributed by atoms with Gasteiger partial charge in [-0.2, -0.15) is 13.2 Å². The fraction of sp³-hybridized carbons (Fsp3) is 0.500. The summed E-state index contributed by atoms with van der Waals surface area (Å²) in [6, 6.07) is 2.68. The van der Waals surface area contributed by atoms with Crippen molar-refractivity contribution in [3.8, 4) is 0 Å². The minimum atomic E-state index is -4.52. The number of carbonyl (C=O) groups excluding carboxylic acids is 1. The molecule has 28 heavy (non-hydrogen) atoms. The predicted molar refractivity (Wildman–Crippen MR) is 101 cm³/mol. The van der Waals surface area contributed by atoms with Crippen LogP contribution in [0.1, 0.15) is 41.6 Å². The summed E-state index contributed by atoms with van der Waals surface area (Å²) in [5.74, 6) is 5.58. The van der Waals surface area contributed by atoms with Gasteiger partial charge in [0.1, 0.15) is 11.8 Å². The monoisotopic (exact) mass is 436 g/mol. The molecule has 0 saturated heterocycles. The summed E-state index contributed by atoms with van der Waals surface area (Å²) >= 11 is 11.9. The number of alkyl halides is 3. The summed E-state index contributed by atoms with van der Waals surface area (Å²) in [4.78, 5) is 14.5. The third kappa shape index (κ3) is 5.04. The highest BCUT2D eigenvalue weighted by Gasteiger charge is 2.32. The van der Waals surface area contributed by atoms with Crippen LogP contribution in [0.15, 0.2) is 29.6 Å². The molecule has 5 nitrogen and oxygen atoms in total. The predicted octanol–water partition coefficient (Wildman–Crippen LogP) is 4.13. The average molecular weight is 437 g/mol. The zero-order valence-electron chi connectivity index (χ0n) is 15.0. The third-order valence-electron chi connectivity index (χ3n) is 5.11. The van der Waals surface area contributed by atoms with Crippen LogP contribution >= 0.6 is 23.2 Å². The summed E-state index contributed by atoms with van der Waals surface area (Å²) in [6.07, 6.45) is 0.589. The first-order chi connectivity index (χ1) is 13.1. The lowest BCUT2D eigenvalue weighted by Crippen LogP contribution is -2.40. The second-order valence-electron chi connectivity index (χ2n) is 7.22. The molecule has 0 bridgehead atoms. The van der Waals surface area contributed by atoms with Gasteiger partial charge in [-0.25, -0.2) is 5.84 Å². The summed E-state index contributed by atoms with van der Waals surface area (Å²) in [6.45, 7) is 1.37. The van der Waals surface area contributed by atoms with Gasteiger partial charge >= 0.3 is 6.18 Å². The minimum absolute atomic E-state index is 0.00299. The number of rotatable bonds is 4. The number of amides is 1. The normalized spacial score (nSPS) is 23.0. The maximum atomic E-state index is 12.9. The number of hydrogen-bond acceptors (Lipinski definition) is 4. The zero-order chi connectivity index (χ0) is 20.5. The zero-order valence-corrected chi connectivity index (χ0v) is 16.5. The lowest BCUT2D eigenvalue weighted by molar-refractivity contribution is -0.137. The number of hydrogen-bond donors (Lipinski definition) is 2. The molecule has 1 aromatic rings. The van der Waals surface area contributed by atoms with Crippen LogP contribution in [-0.2, 0) is 6.18 Å². The van der Waals surface area contributed by atoms with Crippen LogP contribution in [0.4, 0.5) is 13.2 Å². The van der Waals surface area contributed by atoms with Gasteiger partial charge in [0.25, 0.3) is 5.91 Å². The minimum Gasteiger partial charge on any atom is -0.356 e. The third-order valence-corrected chi connectivity index (χ3v) is 5.75. The smallest absolute Gasteiger partial charge is 0.356 e. The highest BCUT2D eigenvalue weighted by atomic mass is 35.5. The molecule has 1 aliphatic carbocycles. The Balaban J connectivity index is 1.53. The van der Waals surface area contributed by atoms with Crippen molar-refractivity contribution in [2.45, 2.75) is 37.9 Å². The Morgan fingerprint density at radius 3 is 2.46 bits per heavy atom. The van der Waals surface area contributed by atoms with E-state index in [0.717, 1.165) is 50.4 Å². The summed E-state index contributed by atoms with van der Waals surface area (Å²) in [5, 5.41) is 4.78. The highest BCUT2D eigenvalue weighted by Crippen LogP contribution is 2.32. The van der Waals surface area contributed by atoms with Gasteiger partial charge in [0.2, 0.25) is 0 Å². The van der Waals surface area contributed by atoms with E-state index in [9.17, 15) is 18.0 Å². The van der Waals surface area contributed by atoms with E-state index in [-0.39, 0.29) is 16.6 Å². The highest BCUT2D eigenvalue weighted by molar-refractivity contribution is 6.33. The van der Waals surface area contributed by atoms with Crippen LogP contribution in [0, 0.1) is 5.92 Å². The van der Waals surface area contributed by atoms with Crippen LogP contribution < -0.4 is 11.2 Å². The largest absolute Gasteiger partial charge is 0.416 e. The van der Waals surface area contributed by atoms with Crippen molar-refractivity contribution >= 4 is 29.1 Å². The van der Waals surface area contributed by atoms with Gasteiger partial charge < -0.3 is 10.2 Å². The fourth-order valence-electron chi connectivity index (χ4n) is 3.60. The maximum Gasteiger partial charge on any atom is 0.416 e. The Labute approximate surface area is 171 Å². The molecule has 3 N–H and O–H groups in total. The van der Waals surface area contributed by atoms with Gasteiger partial charge in [0, 0.05) is 18.8 Å². The molecular formula is C18H21Cl2F3N4O. The van der Waals surface area contributed by atoms with Crippen molar-refractivity contribution in [1.29, 1.82) is 0 Å². The Bertz CT molecular complexity index is 764. The number of nitrogens with two attached hydrogens (primary N) is 1. The quantitative estimate of drug-likeness (QED) is 0.550. The Morgan fingerprint density at radius 1 is 1.21 bits per heavy atom. The van der Waals surface area contributed by atoms with Gasteiger partial charge in [-0.05, 0) is 49.8 Å². The van der Waals surface area contributed by atoms with E-state index in [1.54, 1.807) is 0 Å². The van der Waals surface area contributed by atoms with Gasteiger partial charge in [-0.1, -0.05) is 23.2 Å². The van der Waals surface area contributed by atoms with E-state index in [2.05, 4.69) is 5.32 Å². The molecule has 0 atom stereocenters. The van der Waals surface area contributed by atoms with E-state index in [1.807, 2.05) is 11.1 Å². The second-order valence-corrected chi connectivity index (χ2v) is 8.01. The second kappa shape index (κ2) is 8.39. The van der Waals surface area contributed by atoms with E-state index in [4.69, 9.17) is 29.0 Å². The first-order valence-corrected chi connectivity index (χ1v) is 9.70. The van der Waals surface area contributed by atoms with E-state index in [0.29, 0.717) is 17.7 Å². The lowest BCUT2D eigenvalue weighted by Gasteiger charge is -2.31. The van der Waals surface area contributed by atoms with Gasteiger partial charge in [0.05, 0.1) is 16.1 Å². The van der Waals surface area contributed by atoms with Crippen molar-refractivity contribution in [2.24, 2.45) is 11.8 Å². The first kappa shape index (κ1) is 21.1. The standard InChI is InChI=1S/C18H21Cl2F3N4O/c19-15-6-3-12(18(21,22)23)7-14(15)17(28)25-13-4-1-11(2-5-13)8-26-9-16(20)27(24)10-26/h3,6-7,9,11,13H,1-2,4-5,8,10,24H2,(H,25,28). The van der Waals surface area contributed by atoms with E-state index < -0.39 is 17.6 Å². The number of carbonyl (C=O) groups is 1. The molecule has 10 heteroatoms. The number of benzene rings is 1. The summed E-state index contributed by atoms with van der Waals surface area (Å²) in [7, 11) is 0. The molecule has 0 aromatic heterocycles. The van der Waals surface area contributed by atoms with E-state index in [1.165, 1.54) is 5.01 Å². The number of nitrogens with one attached hydrogen (secondary N) is 1. The molecule has 0 unspecified atom stereocenters. The Hall–Kier alpha value is -1.64. The van der Waals surface area contributed by atoms with Crippen LogP contribution in [0.2, 0.25) is 5.02 Å². The molecule has 154 valence electrons. The first-order valence-electron chi connectivity index (χ1n) is 8.94. The molecule has 1 fully saturated rings. The van der Waals surface area contributed by atoms with E-state index >= 15 is 0 Å². The van der Waals surface area contributed by atoms with Crippen molar-refractivity contribution in [3.63, 3.8) is 0 Å². The Morgan fingerprint density at radius 2 is 1.89 bits per heavy atom. The molecule has 1 aromatic carbocycles. The van der Waals surface area contributed by atoms with Crippen LogP contribution in [-0.4, -0.2) is 35.1 Å². The molecule has 0 radical (unpaired) electrons. The van der Waals surface area contributed by atoms with Gasteiger partial charge in [-0.15, -0.1) is 0 Å². The summed E-state index contributed by atoms with van der Waals surface area (Å²) in [5.41, 5.74) is -1.05.